The first kappa shape index (κ1) is 28.3. The molecule has 0 aliphatic carbocycles. The fraction of sp³-hybridized carbons (Fsp3) is 0.522. The van der Waals surface area contributed by atoms with Gasteiger partial charge in [0.05, 0.1) is 17.8 Å². The van der Waals surface area contributed by atoms with Gasteiger partial charge in [0.15, 0.2) is 17.9 Å². The summed E-state index contributed by atoms with van der Waals surface area (Å²) in [6.45, 7) is 8.75. The molecule has 0 radical (unpaired) electrons. The Hall–Kier alpha value is -2.72. The quantitative estimate of drug-likeness (QED) is 0.531. The molecule has 0 fully saturated rings. The van der Waals surface area contributed by atoms with E-state index in [1.807, 2.05) is 11.9 Å². The normalized spacial score (nSPS) is 13.2. The van der Waals surface area contributed by atoms with E-state index in [0.29, 0.717) is 37.7 Å². The molecule has 0 bridgehead atoms. The zero-order chi connectivity index (χ0) is 25.1. The molecule has 0 unspecified atom stereocenters. The van der Waals surface area contributed by atoms with Gasteiger partial charge in [0.1, 0.15) is 17.3 Å². The fourth-order valence-corrected chi connectivity index (χ4v) is 2.99. The standard InChI is InChI=1S/C15H14F3N3O.C4H10N2O.C4H10/c1-20-3-2-4-21-14(7-20)13(8-22)19-15(21)9-5-11(17)12(18)6-10(9)16;1-5-3-4(7)6-2;1-4(2)3/h5-6,8H,2-4,7H2,1H3;5H,3H2,1-2H3,(H,6,7);4H,1-3H3. The van der Waals surface area contributed by atoms with E-state index in [4.69, 9.17) is 0 Å². The van der Waals surface area contributed by atoms with Crippen LogP contribution in [0.4, 0.5) is 13.2 Å². The second-order valence-corrected chi connectivity index (χ2v) is 8.31. The molecule has 1 aliphatic heterocycles. The molecule has 10 heteroatoms. The van der Waals surface area contributed by atoms with E-state index in [9.17, 15) is 22.8 Å². The number of imidazole rings is 1. The molecule has 3 rings (SSSR count). The number of carbonyl (C=O) groups excluding carboxylic acids is 2. The molecule has 0 spiro atoms. The average molecular weight is 470 g/mol. The minimum atomic E-state index is -1.25. The third-order valence-electron chi connectivity index (χ3n) is 4.42. The second-order valence-electron chi connectivity index (χ2n) is 8.31. The Labute approximate surface area is 193 Å². The summed E-state index contributed by atoms with van der Waals surface area (Å²) in [4.78, 5) is 27.6. The highest BCUT2D eigenvalue weighted by molar-refractivity contribution is 5.77. The SMILES string of the molecule is CC(C)C.CN1CCCn2c(-c3cc(F)c(F)cc3F)nc(C=O)c2C1.CNCC(=O)NC. The molecule has 1 amide bonds. The van der Waals surface area contributed by atoms with E-state index in [1.54, 1.807) is 18.7 Å². The lowest BCUT2D eigenvalue weighted by Crippen LogP contribution is -2.28. The van der Waals surface area contributed by atoms with Crippen molar-refractivity contribution in [3.63, 3.8) is 0 Å². The number of likely N-dealkylation sites (N-methyl/N-ethyl adjacent to an activating group) is 2. The van der Waals surface area contributed by atoms with Gasteiger partial charge in [-0.3, -0.25) is 9.59 Å². The van der Waals surface area contributed by atoms with Crippen molar-refractivity contribution in [2.45, 2.75) is 40.3 Å². The van der Waals surface area contributed by atoms with Gasteiger partial charge in [-0.15, -0.1) is 0 Å². The van der Waals surface area contributed by atoms with Crippen LogP contribution in [0.1, 0.15) is 43.4 Å². The highest BCUT2D eigenvalue weighted by Gasteiger charge is 2.24. The predicted molar refractivity (Wildman–Crippen MR) is 122 cm³/mol. The van der Waals surface area contributed by atoms with Crippen molar-refractivity contribution in [3.05, 3.63) is 41.0 Å². The first-order valence-electron chi connectivity index (χ1n) is 10.8. The minimum absolute atomic E-state index is 0.0162. The van der Waals surface area contributed by atoms with Crippen LogP contribution in [-0.2, 0) is 17.9 Å². The number of benzene rings is 1. The molecule has 0 saturated heterocycles. The zero-order valence-corrected chi connectivity index (χ0v) is 20.1. The molecule has 7 nitrogen and oxygen atoms in total. The highest BCUT2D eigenvalue weighted by atomic mass is 19.2. The maximum absolute atomic E-state index is 14.0. The minimum Gasteiger partial charge on any atom is -0.358 e. The smallest absolute Gasteiger partial charge is 0.233 e. The van der Waals surface area contributed by atoms with Crippen molar-refractivity contribution < 1.29 is 22.8 Å². The molecule has 1 aliphatic rings. The predicted octanol–water partition coefficient (Wildman–Crippen LogP) is 3.23. The van der Waals surface area contributed by atoms with E-state index in [0.717, 1.165) is 24.9 Å². The van der Waals surface area contributed by atoms with Gasteiger partial charge >= 0.3 is 0 Å². The van der Waals surface area contributed by atoms with Crippen LogP contribution in [0.3, 0.4) is 0 Å². The largest absolute Gasteiger partial charge is 0.358 e. The van der Waals surface area contributed by atoms with Gasteiger partial charge in [-0.25, -0.2) is 18.2 Å². The van der Waals surface area contributed by atoms with Crippen LogP contribution in [0.2, 0.25) is 0 Å². The topological polar surface area (TPSA) is 79.3 Å². The Kier molecular flexibility index (Phi) is 11.8. The summed E-state index contributed by atoms with van der Waals surface area (Å²) in [5.41, 5.74) is 0.722. The monoisotopic (exact) mass is 469 g/mol. The molecule has 184 valence electrons. The number of hydrogen-bond acceptors (Lipinski definition) is 5. The van der Waals surface area contributed by atoms with Gasteiger partial charge in [-0.2, -0.15) is 0 Å². The van der Waals surface area contributed by atoms with E-state index >= 15 is 0 Å². The second kappa shape index (κ2) is 13.7. The third-order valence-corrected chi connectivity index (χ3v) is 4.42. The van der Waals surface area contributed by atoms with E-state index < -0.39 is 17.5 Å². The van der Waals surface area contributed by atoms with Crippen molar-refractivity contribution in [1.29, 1.82) is 0 Å². The average Bonchev–Trinajstić information content (AvgIpc) is 2.95. The van der Waals surface area contributed by atoms with Gasteiger partial charge in [0, 0.05) is 26.2 Å². The molecule has 1 aromatic carbocycles. The number of fused-ring (bicyclic) bond motifs is 1. The van der Waals surface area contributed by atoms with Crippen LogP contribution in [-0.4, -0.2) is 60.9 Å². The number of rotatable bonds is 4. The number of aromatic nitrogens is 2. The molecule has 0 saturated carbocycles. The number of hydrogen-bond donors (Lipinski definition) is 2. The Morgan fingerprint density at radius 2 is 1.73 bits per heavy atom. The van der Waals surface area contributed by atoms with Gasteiger partial charge in [0.25, 0.3) is 0 Å². The molecule has 33 heavy (non-hydrogen) atoms. The number of halogens is 3. The fourth-order valence-electron chi connectivity index (χ4n) is 2.99. The van der Waals surface area contributed by atoms with Crippen molar-refractivity contribution in [2.24, 2.45) is 5.92 Å². The first-order chi connectivity index (χ1) is 15.5. The molecule has 0 atom stereocenters. The Bertz CT molecular complexity index is 929. The zero-order valence-electron chi connectivity index (χ0n) is 20.1. The number of amides is 1. The summed E-state index contributed by atoms with van der Waals surface area (Å²) >= 11 is 0. The van der Waals surface area contributed by atoms with Crippen LogP contribution in [0.5, 0.6) is 0 Å². The Morgan fingerprint density at radius 1 is 1.12 bits per heavy atom. The molecular weight excluding hydrogens is 435 g/mol. The molecule has 2 heterocycles. The van der Waals surface area contributed by atoms with Crippen molar-refractivity contribution in [3.8, 4) is 11.4 Å². The highest BCUT2D eigenvalue weighted by Crippen LogP contribution is 2.28. The summed E-state index contributed by atoms with van der Waals surface area (Å²) in [5.74, 6) is -2.29. The molecular formula is C23H34F3N5O2. The number of nitrogens with zero attached hydrogens (tertiary/aromatic N) is 3. The summed E-state index contributed by atoms with van der Waals surface area (Å²) < 4.78 is 42.3. The molecule has 1 aromatic heterocycles. The third kappa shape index (κ3) is 8.62. The summed E-state index contributed by atoms with van der Waals surface area (Å²) in [7, 11) is 5.25. The van der Waals surface area contributed by atoms with Gasteiger partial charge in [-0.05, 0) is 39.0 Å². The maximum Gasteiger partial charge on any atom is 0.233 e. The van der Waals surface area contributed by atoms with Crippen LogP contribution in [0.15, 0.2) is 12.1 Å². The van der Waals surface area contributed by atoms with Crippen molar-refractivity contribution >= 4 is 12.2 Å². The Balaban J connectivity index is 0.000000415. The maximum atomic E-state index is 14.0. The summed E-state index contributed by atoms with van der Waals surface area (Å²) in [6.07, 6.45) is 1.39. The first-order valence-corrected chi connectivity index (χ1v) is 10.8. The lowest BCUT2D eigenvalue weighted by Gasteiger charge is -2.12. The number of carbonyl (C=O) groups is 2. The summed E-state index contributed by atoms with van der Waals surface area (Å²) in [6, 6.07) is 1.28. The van der Waals surface area contributed by atoms with Crippen LogP contribution >= 0.6 is 0 Å². The number of aldehydes is 1. The Morgan fingerprint density at radius 3 is 2.24 bits per heavy atom. The van der Waals surface area contributed by atoms with E-state index in [1.165, 1.54) is 0 Å². The van der Waals surface area contributed by atoms with Gasteiger partial charge < -0.3 is 20.1 Å². The summed E-state index contributed by atoms with van der Waals surface area (Å²) in [5, 5.41) is 5.17. The van der Waals surface area contributed by atoms with Gasteiger partial charge in [-0.1, -0.05) is 20.8 Å². The van der Waals surface area contributed by atoms with Crippen molar-refractivity contribution in [1.82, 2.24) is 25.1 Å². The van der Waals surface area contributed by atoms with Crippen LogP contribution < -0.4 is 10.6 Å². The van der Waals surface area contributed by atoms with E-state index in [-0.39, 0.29) is 23.0 Å². The molecule has 2 aromatic rings. The van der Waals surface area contributed by atoms with Crippen LogP contribution in [0, 0.1) is 23.4 Å². The molecule has 2 N–H and O–H groups in total. The lowest BCUT2D eigenvalue weighted by molar-refractivity contribution is -0.119. The lowest BCUT2D eigenvalue weighted by atomic mass is 10.2. The van der Waals surface area contributed by atoms with Crippen molar-refractivity contribution in [2.75, 3.05) is 34.2 Å². The number of nitrogens with one attached hydrogen (secondary N) is 2. The van der Waals surface area contributed by atoms with E-state index in [2.05, 4.69) is 36.4 Å². The van der Waals surface area contributed by atoms with Gasteiger partial charge in [0.2, 0.25) is 5.91 Å². The van der Waals surface area contributed by atoms with Crippen LogP contribution in [0.25, 0.3) is 11.4 Å².